The number of ketones is 1. The van der Waals surface area contributed by atoms with Crippen LogP contribution in [0.1, 0.15) is 156 Å². The van der Waals surface area contributed by atoms with Gasteiger partial charge in [0.25, 0.3) is 5.91 Å². The molecule has 0 aromatic rings. The first kappa shape index (κ1) is 56.9. The number of primary amides is 1. The first-order chi connectivity index (χ1) is 23.1. The zero-order valence-electron chi connectivity index (χ0n) is 35.5. The summed E-state index contributed by atoms with van der Waals surface area (Å²) < 4.78 is 12.2. The second-order valence-corrected chi connectivity index (χ2v) is 16.3. The van der Waals surface area contributed by atoms with Crippen molar-refractivity contribution in [2.75, 3.05) is 19.3 Å². The van der Waals surface area contributed by atoms with Gasteiger partial charge in [0.05, 0.1) is 11.6 Å². The Morgan fingerprint density at radius 2 is 1.36 bits per heavy atom. The largest absolute Gasteiger partial charge is 0.363 e. The normalized spacial score (nSPS) is 14.5. The summed E-state index contributed by atoms with van der Waals surface area (Å²) in [4.78, 5) is 58.6. The Labute approximate surface area is 310 Å². The van der Waals surface area contributed by atoms with Crippen LogP contribution in [0.3, 0.4) is 0 Å². The van der Waals surface area contributed by atoms with E-state index in [4.69, 9.17) is 5.73 Å². The first-order valence-corrected chi connectivity index (χ1v) is 20.1. The van der Waals surface area contributed by atoms with Crippen molar-refractivity contribution in [3.8, 4) is 0 Å². The van der Waals surface area contributed by atoms with E-state index in [9.17, 15) is 28.2 Å². The van der Waals surface area contributed by atoms with Crippen molar-refractivity contribution in [2.45, 2.75) is 179 Å². The lowest BCUT2D eigenvalue weighted by atomic mass is 9.89. The Kier molecular flexibility index (Phi) is 36.9. The number of urea groups is 1. The van der Waals surface area contributed by atoms with Gasteiger partial charge in [-0.15, -0.1) is 0 Å². The maximum atomic E-state index is 12.7. The van der Waals surface area contributed by atoms with Crippen molar-refractivity contribution in [3.63, 3.8) is 0 Å². The van der Waals surface area contributed by atoms with Crippen molar-refractivity contribution in [1.29, 1.82) is 0 Å². The lowest BCUT2D eigenvalue weighted by Crippen LogP contribution is -2.57. The molecule has 0 heterocycles. The van der Waals surface area contributed by atoms with Crippen LogP contribution in [-0.2, 0) is 30.0 Å². The molecule has 0 aliphatic rings. The Bertz CT molecular complexity index is 938. The Balaban J connectivity index is -0.000000265. The Morgan fingerprint density at radius 1 is 0.880 bits per heavy atom. The molecule has 0 radical (unpaired) electrons. The number of likely N-dealkylation sites (N-methyl/N-ethyl adjacent to an activating group) is 1. The number of nitrogens with zero attached hydrogens (tertiary/aromatic N) is 1. The summed E-state index contributed by atoms with van der Waals surface area (Å²) in [5.74, 6) is 0.367. The topological polar surface area (TPSA) is 168 Å². The number of hydrogen-bond acceptors (Lipinski definition) is 6. The van der Waals surface area contributed by atoms with Gasteiger partial charge in [-0.1, -0.05) is 109 Å². The van der Waals surface area contributed by atoms with E-state index in [-0.39, 0.29) is 10.7 Å². The van der Waals surface area contributed by atoms with Gasteiger partial charge < -0.3 is 26.6 Å². The van der Waals surface area contributed by atoms with Gasteiger partial charge in [-0.2, -0.15) is 0 Å². The third-order valence-corrected chi connectivity index (χ3v) is 9.84. The standard InChI is InChI=1S/C22H45N3O3S.C8H14N2O3.C4H10.2C2H6/c1-11-16(4)18(12-2)14-25(10)19(26)17(5)23-20(27)24-22(9,13-3)15-29(28)21(6,7)8;1-2-3-4-6(10-5-11)7(12)8(9)13;1-4(2)3;2*1-2/h16-18H,11-15H2,1-10H3,(H2,23,24,27);5-6H,2-4H2,1H3,(H2,9,13)(H,10,11);4H,1-3H3;2*1-2H3/t16-,17?,18?,22?,29?;;;;/m1..../s1. The van der Waals surface area contributed by atoms with Crippen LogP contribution >= 0.6 is 0 Å². The third-order valence-electron chi connectivity index (χ3n) is 7.58. The molecular formula is C38H81N5O6S. The van der Waals surface area contributed by atoms with Gasteiger partial charge >= 0.3 is 6.03 Å². The number of unbranched alkanes of at least 4 members (excludes halogenated alkanes) is 1. The van der Waals surface area contributed by atoms with Crippen LogP contribution < -0.4 is 21.7 Å². The molecular weight excluding hydrogens is 655 g/mol. The van der Waals surface area contributed by atoms with E-state index < -0.39 is 46.1 Å². The maximum Gasteiger partial charge on any atom is 0.315 e. The molecule has 50 heavy (non-hydrogen) atoms. The minimum Gasteiger partial charge on any atom is -0.363 e. The van der Waals surface area contributed by atoms with Crippen molar-refractivity contribution in [1.82, 2.24) is 20.9 Å². The number of carbonyl (C=O) groups is 5. The molecule has 0 aromatic carbocycles. The number of Topliss-reactive ketones (excluding diaryl/α,β-unsaturated/α-hetero) is 1. The van der Waals surface area contributed by atoms with Crippen molar-refractivity contribution in [2.24, 2.45) is 23.5 Å². The van der Waals surface area contributed by atoms with E-state index in [0.717, 1.165) is 31.6 Å². The molecule has 0 bridgehead atoms. The van der Waals surface area contributed by atoms with E-state index in [1.165, 1.54) is 0 Å². The van der Waals surface area contributed by atoms with Crippen LogP contribution in [0.5, 0.6) is 0 Å². The SMILES string of the molecule is CC.CC.CC(C)C.CCC(CN(C)C(=O)C(C)NC(=O)NC(C)(CC)CS(=O)C(C)(C)C)[C@H](C)CC.CCCCC(NC=O)C(=O)C(N)=O. The molecule has 300 valence electrons. The van der Waals surface area contributed by atoms with Gasteiger partial charge in [-0.3, -0.25) is 23.4 Å². The van der Waals surface area contributed by atoms with Crippen LogP contribution in [0.4, 0.5) is 4.79 Å². The average molecular weight is 736 g/mol. The molecule has 0 saturated heterocycles. The minimum atomic E-state index is -1.08. The van der Waals surface area contributed by atoms with Gasteiger partial charge in [0.1, 0.15) is 6.04 Å². The summed E-state index contributed by atoms with van der Waals surface area (Å²) in [5, 5.41) is 7.96. The summed E-state index contributed by atoms with van der Waals surface area (Å²) in [6.07, 6.45) is 5.28. The number of amides is 5. The quantitative estimate of drug-likeness (QED) is 0.0875. The monoisotopic (exact) mass is 736 g/mol. The van der Waals surface area contributed by atoms with Crippen molar-refractivity contribution in [3.05, 3.63) is 0 Å². The smallest absolute Gasteiger partial charge is 0.315 e. The molecule has 0 fully saturated rings. The fourth-order valence-corrected chi connectivity index (χ4v) is 5.36. The number of nitrogens with one attached hydrogen (secondary N) is 3. The van der Waals surface area contributed by atoms with Gasteiger partial charge in [0, 0.05) is 34.9 Å². The van der Waals surface area contributed by atoms with E-state index in [1.807, 2.05) is 69.2 Å². The summed E-state index contributed by atoms with van der Waals surface area (Å²) in [6, 6.07) is -1.78. The highest BCUT2D eigenvalue weighted by molar-refractivity contribution is 7.86. The molecule has 5 N–H and O–H groups in total. The van der Waals surface area contributed by atoms with Gasteiger partial charge in [-0.25, -0.2) is 4.79 Å². The summed E-state index contributed by atoms with van der Waals surface area (Å²) in [5.41, 5.74) is 4.20. The molecule has 0 saturated carbocycles. The second kappa shape index (κ2) is 32.4. The fourth-order valence-electron chi connectivity index (χ4n) is 4.07. The molecule has 0 rings (SSSR count). The first-order valence-electron chi connectivity index (χ1n) is 18.8. The van der Waals surface area contributed by atoms with E-state index in [0.29, 0.717) is 43.4 Å². The molecule has 0 spiro atoms. The average Bonchev–Trinajstić information content (AvgIpc) is 3.05. The van der Waals surface area contributed by atoms with Crippen LogP contribution in [0.15, 0.2) is 0 Å². The molecule has 5 amide bonds. The maximum absolute atomic E-state index is 12.7. The highest BCUT2D eigenvalue weighted by Gasteiger charge is 2.32. The van der Waals surface area contributed by atoms with Gasteiger partial charge in [-0.05, 0) is 65.2 Å². The van der Waals surface area contributed by atoms with Gasteiger partial charge in [0.2, 0.25) is 18.1 Å². The summed E-state index contributed by atoms with van der Waals surface area (Å²) in [6.45, 7) is 35.0. The van der Waals surface area contributed by atoms with Gasteiger partial charge in [0.15, 0.2) is 0 Å². The molecule has 5 unspecified atom stereocenters. The van der Waals surface area contributed by atoms with Crippen molar-refractivity contribution >= 4 is 40.8 Å². The van der Waals surface area contributed by atoms with E-state index >= 15 is 0 Å². The highest BCUT2D eigenvalue weighted by Crippen LogP contribution is 2.21. The number of nitrogens with two attached hydrogens (primary N) is 1. The predicted molar refractivity (Wildman–Crippen MR) is 213 cm³/mol. The molecule has 6 atom stereocenters. The van der Waals surface area contributed by atoms with Crippen LogP contribution in [-0.4, -0.2) is 80.9 Å². The fraction of sp³-hybridized carbons (Fsp3) is 0.868. The van der Waals surface area contributed by atoms with Crippen LogP contribution in [0, 0.1) is 17.8 Å². The number of hydrogen-bond donors (Lipinski definition) is 4. The summed E-state index contributed by atoms with van der Waals surface area (Å²) >= 11 is 0. The molecule has 11 nitrogen and oxygen atoms in total. The Morgan fingerprint density at radius 3 is 1.70 bits per heavy atom. The van der Waals surface area contributed by atoms with Crippen LogP contribution in [0.2, 0.25) is 0 Å². The zero-order valence-corrected chi connectivity index (χ0v) is 36.3. The zero-order chi connectivity index (χ0) is 40.8. The van der Waals surface area contributed by atoms with Crippen LogP contribution in [0.25, 0.3) is 0 Å². The minimum absolute atomic E-state index is 0.0987. The predicted octanol–water partition coefficient (Wildman–Crippen LogP) is 6.98. The molecule has 0 aliphatic heterocycles. The highest BCUT2D eigenvalue weighted by atomic mass is 32.2. The third kappa shape index (κ3) is 29.3. The van der Waals surface area contributed by atoms with E-state index in [2.05, 4.69) is 57.5 Å². The second-order valence-electron chi connectivity index (χ2n) is 14.0. The molecule has 0 aliphatic carbocycles. The number of rotatable bonds is 18. The number of carbonyl (C=O) groups excluding carboxylic acids is 5. The molecule has 0 aromatic heterocycles. The van der Waals surface area contributed by atoms with E-state index in [1.54, 1.807) is 18.9 Å². The Hall–Kier alpha value is -2.50. The summed E-state index contributed by atoms with van der Waals surface area (Å²) in [7, 11) is 0.715. The lowest BCUT2D eigenvalue weighted by Gasteiger charge is -2.33. The molecule has 12 heteroatoms. The lowest BCUT2D eigenvalue weighted by molar-refractivity contribution is -0.137. The van der Waals surface area contributed by atoms with Crippen molar-refractivity contribution < 1.29 is 28.2 Å².